The van der Waals surface area contributed by atoms with Gasteiger partial charge in [-0.05, 0) is 68.1 Å². The van der Waals surface area contributed by atoms with Gasteiger partial charge in [0.25, 0.3) is 0 Å². The van der Waals surface area contributed by atoms with Gasteiger partial charge >= 0.3 is 6.09 Å². The van der Waals surface area contributed by atoms with E-state index in [-0.39, 0.29) is 23.6 Å². The lowest BCUT2D eigenvalue weighted by atomic mass is 9.72. The van der Waals surface area contributed by atoms with Crippen molar-refractivity contribution in [1.82, 2.24) is 9.88 Å². The number of pyridine rings is 1. The number of rotatable bonds is 7. The Bertz CT molecular complexity index is 1300. The van der Waals surface area contributed by atoms with Gasteiger partial charge in [-0.25, -0.2) is 4.79 Å². The van der Waals surface area contributed by atoms with E-state index in [0.29, 0.717) is 18.0 Å². The summed E-state index contributed by atoms with van der Waals surface area (Å²) < 4.78 is 4.84. The van der Waals surface area contributed by atoms with E-state index < -0.39 is 0 Å². The number of nitrogens with zero attached hydrogens (tertiary/aromatic N) is 2. The van der Waals surface area contributed by atoms with Crippen molar-refractivity contribution >= 4 is 17.7 Å². The zero-order valence-electron chi connectivity index (χ0n) is 22.9. The van der Waals surface area contributed by atoms with E-state index in [1.165, 1.54) is 19.1 Å². The average Bonchev–Trinajstić information content (AvgIpc) is 2.96. The van der Waals surface area contributed by atoms with Gasteiger partial charge in [-0.15, -0.1) is 0 Å². The first kappa shape index (κ1) is 26.9. The van der Waals surface area contributed by atoms with Crippen LogP contribution >= 0.6 is 0 Å². The summed E-state index contributed by atoms with van der Waals surface area (Å²) in [6.07, 6.45) is 8.70. The van der Waals surface area contributed by atoms with Crippen LogP contribution in [-0.2, 0) is 15.1 Å². The van der Waals surface area contributed by atoms with E-state index in [4.69, 9.17) is 15.5 Å². The van der Waals surface area contributed by atoms with Gasteiger partial charge in [0.1, 0.15) is 0 Å². The quantitative estimate of drug-likeness (QED) is 0.374. The Kier molecular flexibility index (Phi) is 7.98. The summed E-state index contributed by atoms with van der Waals surface area (Å²) in [7, 11) is 3.18. The molecule has 2 saturated carbocycles. The van der Waals surface area contributed by atoms with Gasteiger partial charge < -0.3 is 20.7 Å². The summed E-state index contributed by atoms with van der Waals surface area (Å²) in [4.78, 5) is 31.3. The Balaban J connectivity index is 1.28. The standard InChI is InChI=1S/C32H38N4O3/c1-36(31(38)39-2)27-15-9-22(10-16-27)19-29(37)35-26-20-28(23-7-4-3-5-8-23)30(34-21-26)24-11-13-25(14-12-24)32(33)17-6-18-32/h3-5,7-8,11-14,20-22,27H,6,9-10,15-19,33H2,1-2H3,(H,35,37). The Morgan fingerprint density at radius 2 is 1.72 bits per heavy atom. The van der Waals surface area contributed by atoms with Crippen LogP contribution in [0.25, 0.3) is 22.4 Å². The highest BCUT2D eigenvalue weighted by Crippen LogP contribution is 2.40. The van der Waals surface area contributed by atoms with Gasteiger partial charge in [-0.3, -0.25) is 9.78 Å². The second kappa shape index (κ2) is 11.6. The molecule has 0 bridgehead atoms. The first-order valence-corrected chi connectivity index (χ1v) is 13.9. The predicted molar refractivity (Wildman–Crippen MR) is 154 cm³/mol. The van der Waals surface area contributed by atoms with E-state index >= 15 is 0 Å². The molecule has 0 aliphatic heterocycles. The molecule has 2 fully saturated rings. The van der Waals surface area contributed by atoms with Crippen molar-refractivity contribution < 1.29 is 14.3 Å². The zero-order chi connectivity index (χ0) is 27.4. The summed E-state index contributed by atoms with van der Waals surface area (Å²) >= 11 is 0. The van der Waals surface area contributed by atoms with Crippen molar-refractivity contribution in [1.29, 1.82) is 0 Å². The summed E-state index contributed by atoms with van der Waals surface area (Å²) in [5, 5.41) is 3.08. The third kappa shape index (κ3) is 5.98. The van der Waals surface area contributed by atoms with E-state index in [9.17, 15) is 9.59 Å². The average molecular weight is 527 g/mol. The zero-order valence-corrected chi connectivity index (χ0v) is 22.9. The molecular weight excluding hydrogens is 488 g/mol. The van der Waals surface area contributed by atoms with Crippen molar-refractivity contribution in [3.63, 3.8) is 0 Å². The molecule has 204 valence electrons. The fraction of sp³-hybridized carbons (Fsp3) is 0.406. The third-order valence-electron chi connectivity index (χ3n) is 8.54. The summed E-state index contributed by atoms with van der Waals surface area (Å²) in [6, 6.07) is 20.8. The van der Waals surface area contributed by atoms with Gasteiger partial charge in [0.05, 0.1) is 24.7 Å². The molecule has 2 aliphatic rings. The molecule has 0 atom stereocenters. The van der Waals surface area contributed by atoms with Gasteiger partial charge in [0.15, 0.2) is 0 Å². The number of carbonyl (C=O) groups is 2. The predicted octanol–water partition coefficient (Wildman–Crippen LogP) is 6.34. The van der Waals surface area contributed by atoms with Crippen molar-refractivity contribution in [3.8, 4) is 22.4 Å². The summed E-state index contributed by atoms with van der Waals surface area (Å²) in [6.45, 7) is 0. The number of carbonyl (C=O) groups excluding carboxylic acids is 2. The lowest BCUT2D eigenvalue weighted by molar-refractivity contribution is -0.117. The second-order valence-corrected chi connectivity index (χ2v) is 11.1. The largest absolute Gasteiger partial charge is 0.453 e. The van der Waals surface area contributed by atoms with E-state index in [0.717, 1.165) is 60.9 Å². The van der Waals surface area contributed by atoms with Crippen LogP contribution in [0.5, 0.6) is 0 Å². The molecule has 1 heterocycles. The SMILES string of the molecule is COC(=O)N(C)C1CCC(CC(=O)Nc2cnc(-c3ccc(C4(N)CCC4)cc3)c(-c3ccccc3)c2)CC1. The highest BCUT2D eigenvalue weighted by Gasteiger charge is 2.34. The Hall–Kier alpha value is -3.71. The van der Waals surface area contributed by atoms with Gasteiger partial charge in [-0.1, -0.05) is 54.6 Å². The number of ether oxygens (including phenoxy) is 1. The number of benzene rings is 2. The fourth-order valence-corrected chi connectivity index (χ4v) is 5.91. The van der Waals surface area contributed by atoms with Crippen molar-refractivity contribution in [2.45, 2.75) is 62.9 Å². The summed E-state index contributed by atoms with van der Waals surface area (Å²) in [5.74, 6) is 0.291. The minimum absolute atomic E-state index is 0.00794. The van der Waals surface area contributed by atoms with Crippen LogP contribution in [0.4, 0.5) is 10.5 Å². The van der Waals surface area contributed by atoms with E-state index in [2.05, 4.69) is 41.7 Å². The van der Waals surface area contributed by atoms with Gasteiger partial charge in [0, 0.05) is 36.2 Å². The second-order valence-electron chi connectivity index (χ2n) is 11.1. The molecule has 5 rings (SSSR count). The van der Waals surface area contributed by atoms with E-state index in [1.807, 2.05) is 24.3 Å². The first-order valence-electron chi connectivity index (χ1n) is 13.9. The van der Waals surface area contributed by atoms with Crippen LogP contribution in [0, 0.1) is 5.92 Å². The molecule has 2 aromatic carbocycles. The Morgan fingerprint density at radius 3 is 2.33 bits per heavy atom. The molecular formula is C32H38N4O3. The van der Waals surface area contributed by atoms with Crippen molar-refractivity contribution in [2.24, 2.45) is 11.7 Å². The highest BCUT2D eigenvalue weighted by molar-refractivity contribution is 5.93. The number of nitrogens with two attached hydrogens (primary N) is 1. The molecule has 0 spiro atoms. The number of aromatic nitrogens is 1. The molecule has 39 heavy (non-hydrogen) atoms. The normalized spacial score (nSPS) is 20.0. The maximum atomic E-state index is 13.0. The third-order valence-corrected chi connectivity index (χ3v) is 8.54. The molecule has 7 heteroatoms. The van der Waals surface area contributed by atoms with E-state index in [1.54, 1.807) is 18.1 Å². The molecule has 2 aliphatic carbocycles. The number of hydrogen-bond acceptors (Lipinski definition) is 5. The van der Waals surface area contributed by atoms with Crippen molar-refractivity contribution in [2.75, 3.05) is 19.5 Å². The van der Waals surface area contributed by atoms with Crippen LogP contribution in [0.15, 0.2) is 66.9 Å². The van der Waals surface area contributed by atoms with Crippen LogP contribution in [0.1, 0.15) is 56.9 Å². The van der Waals surface area contributed by atoms with Crippen LogP contribution in [0.2, 0.25) is 0 Å². The molecule has 7 nitrogen and oxygen atoms in total. The summed E-state index contributed by atoms with van der Waals surface area (Å²) in [5.41, 5.74) is 12.1. The van der Waals surface area contributed by atoms with Gasteiger partial charge in [-0.2, -0.15) is 0 Å². The molecule has 0 unspecified atom stereocenters. The monoisotopic (exact) mass is 526 g/mol. The topological polar surface area (TPSA) is 97.5 Å². The van der Waals surface area contributed by atoms with Crippen LogP contribution in [-0.4, -0.2) is 42.1 Å². The number of anilines is 1. The van der Waals surface area contributed by atoms with Crippen molar-refractivity contribution in [3.05, 3.63) is 72.4 Å². The Morgan fingerprint density at radius 1 is 1.03 bits per heavy atom. The van der Waals surface area contributed by atoms with Crippen LogP contribution < -0.4 is 11.1 Å². The molecule has 0 saturated heterocycles. The molecule has 2 amide bonds. The number of methoxy groups -OCH3 is 1. The van der Waals surface area contributed by atoms with Crippen LogP contribution in [0.3, 0.4) is 0 Å². The number of amides is 2. The highest BCUT2D eigenvalue weighted by atomic mass is 16.5. The first-order chi connectivity index (χ1) is 18.9. The molecule has 1 aromatic heterocycles. The molecule has 3 N–H and O–H groups in total. The lowest BCUT2D eigenvalue weighted by Gasteiger charge is -2.38. The minimum atomic E-state index is -0.307. The Labute approximate surface area is 230 Å². The smallest absolute Gasteiger partial charge is 0.409 e. The fourth-order valence-electron chi connectivity index (χ4n) is 5.91. The number of nitrogens with one attached hydrogen (secondary N) is 1. The maximum absolute atomic E-state index is 13.0. The molecule has 0 radical (unpaired) electrons. The maximum Gasteiger partial charge on any atom is 0.409 e. The number of hydrogen-bond donors (Lipinski definition) is 2. The lowest BCUT2D eigenvalue weighted by Crippen LogP contribution is -2.43. The molecule has 3 aromatic rings. The minimum Gasteiger partial charge on any atom is -0.453 e. The van der Waals surface area contributed by atoms with Gasteiger partial charge in [0.2, 0.25) is 5.91 Å².